The Morgan fingerprint density at radius 2 is 1.89 bits per heavy atom. The number of hydrogen-bond donors (Lipinski definition) is 1. The smallest absolute Gasteiger partial charge is 0.133 e. The first-order valence-corrected chi connectivity index (χ1v) is 6.76. The molecule has 2 aromatic rings. The largest absolute Gasteiger partial charge is 0.327 e. The van der Waals surface area contributed by atoms with E-state index in [0.29, 0.717) is 11.6 Å². The van der Waals surface area contributed by atoms with E-state index in [4.69, 9.17) is 11.6 Å². The van der Waals surface area contributed by atoms with Crippen LogP contribution in [-0.4, -0.2) is 18.6 Å². The van der Waals surface area contributed by atoms with Crippen molar-refractivity contribution in [3.63, 3.8) is 0 Å². The molecule has 1 N–H and O–H groups in total. The van der Waals surface area contributed by atoms with Crippen LogP contribution in [0, 0.1) is 0 Å². The highest BCUT2D eigenvalue weighted by atomic mass is 35.5. The van der Waals surface area contributed by atoms with Crippen LogP contribution in [0.3, 0.4) is 0 Å². The van der Waals surface area contributed by atoms with Gasteiger partial charge in [0.05, 0.1) is 10.7 Å². The van der Waals surface area contributed by atoms with Crippen LogP contribution in [0.15, 0.2) is 42.5 Å². The van der Waals surface area contributed by atoms with E-state index in [1.54, 1.807) is 0 Å². The summed E-state index contributed by atoms with van der Waals surface area (Å²) in [6.45, 7) is 3.64. The number of hydrogen-bond acceptors (Lipinski definition) is 3. The molecule has 19 heavy (non-hydrogen) atoms. The van der Waals surface area contributed by atoms with Crippen molar-refractivity contribution in [2.75, 3.05) is 18.5 Å². The minimum Gasteiger partial charge on any atom is -0.327 e. The average Bonchev–Trinajstić information content (AvgIpc) is 2.44. The molecule has 0 unspecified atom stereocenters. The highest BCUT2D eigenvalue weighted by Crippen LogP contribution is 2.25. The van der Waals surface area contributed by atoms with Crippen molar-refractivity contribution < 1.29 is 0 Å². The molecule has 0 saturated heterocycles. The van der Waals surface area contributed by atoms with Gasteiger partial charge in [0.25, 0.3) is 0 Å². The summed E-state index contributed by atoms with van der Waals surface area (Å²) in [6.07, 6.45) is 0. The molecule has 0 saturated carbocycles. The second-order valence-electron chi connectivity index (χ2n) is 4.21. The Hall–Kier alpha value is -1.58. The molecule has 1 aromatic heterocycles. The van der Waals surface area contributed by atoms with Crippen LogP contribution in [0.4, 0.5) is 11.5 Å². The van der Waals surface area contributed by atoms with Gasteiger partial charge in [-0.2, -0.15) is 0 Å². The fourth-order valence-corrected chi connectivity index (χ4v) is 2.17. The zero-order valence-electron chi connectivity index (χ0n) is 11.2. The summed E-state index contributed by atoms with van der Waals surface area (Å²) in [4.78, 5) is 6.80. The van der Waals surface area contributed by atoms with Crippen molar-refractivity contribution in [1.82, 2.24) is 10.3 Å². The third kappa shape index (κ3) is 3.25. The van der Waals surface area contributed by atoms with Crippen molar-refractivity contribution in [3.05, 3.63) is 53.2 Å². The molecule has 100 valence electrons. The SMILES string of the molecule is CCN(c1ccccc1)c1ccc(Cl)c(CNC)n1. The van der Waals surface area contributed by atoms with Gasteiger partial charge >= 0.3 is 0 Å². The third-order valence-corrected chi connectivity index (χ3v) is 3.25. The van der Waals surface area contributed by atoms with E-state index in [1.807, 2.05) is 37.4 Å². The van der Waals surface area contributed by atoms with E-state index in [1.165, 1.54) is 0 Å². The van der Waals surface area contributed by atoms with E-state index >= 15 is 0 Å². The minimum absolute atomic E-state index is 0.666. The zero-order valence-corrected chi connectivity index (χ0v) is 12.0. The highest BCUT2D eigenvalue weighted by molar-refractivity contribution is 6.31. The van der Waals surface area contributed by atoms with Gasteiger partial charge in [-0.05, 0) is 38.2 Å². The Labute approximate surface area is 119 Å². The van der Waals surface area contributed by atoms with Gasteiger partial charge in [-0.15, -0.1) is 0 Å². The number of nitrogens with one attached hydrogen (secondary N) is 1. The highest BCUT2D eigenvalue weighted by Gasteiger charge is 2.10. The first kappa shape index (κ1) is 13.8. The lowest BCUT2D eigenvalue weighted by Gasteiger charge is -2.22. The van der Waals surface area contributed by atoms with Crippen LogP contribution < -0.4 is 10.2 Å². The maximum Gasteiger partial charge on any atom is 0.133 e. The molecule has 0 aliphatic rings. The van der Waals surface area contributed by atoms with Gasteiger partial charge in [0.2, 0.25) is 0 Å². The lowest BCUT2D eigenvalue weighted by molar-refractivity contribution is 0.788. The molecular formula is C15H18ClN3. The fourth-order valence-electron chi connectivity index (χ4n) is 2.00. The van der Waals surface area contributed by atoms with Crippen molar-refractivity contribution in [1.29, 1.82) is 0 Å². The number of nitrogens with zero attached hydrogens (tertiary/aromatic N) is 2. The van der Waals surface area contributed by atoms with Gasteiger partial charge in [-0.1, -0.05) is 29.8 Å². The topological polar surface area (TPSA) is 28.2 Å². The maximum absolute atomic E-state index is 6.15. The molecule has 0 fully saturated rings. The lowest BCUT2D eigenvalue weighted by Crippen LogP contribution is -2.18. The average molecular weight is 276 g/mol. The van der Waals surface area contributed by atoms with Crippen LogP contribution in [0.5, 0.6) is 0 Å². The van der Waals surface area contributed by atoms with Crippen molar-refractivity contribution in [2.24, 2.45) is 0 Å². The minimum atomic E-state index is 0.666. The Bertz CT molecular complexity index is 528. The Morgan fingerprint density at radius 3 is 2.53 bits per heavy atom. The molecule has 0 atom stereocenters. The van der Waals surface area contributed by atoms with Gasteiger partial charge in [-0.25, -0.2) is 4.98 Å². The second kappa shape index (κ2) is 6.55. The number of para-hydroxylation sites is 1. The van der Waals surface area contributed by atoms with Crippen LogP contribution in [0.1, 0.15) is 12.6 Å². The number of pyridine rings is 1. The van der Waals surface area contributed by atoms with Gasteiger partial charge in [-0.3, -0.25) is 0 Å². The Kier molecular flexibility index (Phi) is 4.77. The van der Waals surface area contributed by atoms with Crippen LogP contribution >= 0.6 is 11.6 Å². The quantitative estimate of drug-likeness (QED) is 0.903. The second-order valence-corrected chi connectivity index (χ2v) is 4.62. The molecule has 0 bridgehead atoms. The summed E-state index contributed by atoms with van der Waals surface area (Å²) in [6, 6.07) is 14.1. The van der Waals surface area contributed by atoms with E-state index < -0.39 is 0 Å². The first-order chi connectivity index (χ1) is 9.26. The van der Waals surface area contributed by atoms with Crippen molar-refractivity contribution in [3.8, 4) is 0 Å². The molecule has 1 heterocycles. The molecule has 0 aliphatic carbocycles. The van der Waals surface area contributed by atoms with E-state index in [-0.39, 0.29) is 0 Å². The van der Waals surface area contributed by atoms with Crippen LogP contribution in [0.25, 0.3) is 0 Å². The molecule has 0 amide bonds. The summed E-state index contributed by atoms with van der Waals surface area (Å²) in [7, 11) is 1.89. The zero-order chi connectivity index (χ0) is 13.7. The molecule has 0 aliphatic heterocycles. The molecular weight excluding hydrogens is 258 g/mol. The summed E-state index contributed by atoms with van der Waals surface area (Å²) in [5.41, 5.74) is 2.01. The fraction of sp³-hybridized carbons (Fsp3) is 0.267. The third-order valence-electron chi connectivity index (χ3n) is 2.91. The Morgan fingerprint density at radius 1 is 1.16 bits per heavy atom. The Balaban J connectivity index is 2.36. The maximum atomic E-state index is 6.15. The van der Waals surface area contributed by atoms with E-state index in [9.17, 15) is 0 Å². The number of anilines is 2. The predicted octanol–water partition coefficient (Wildman–Crippen LogP) is 3.61. The first-order valence-electron chi connectivity index (χ1n) is 6.39. The standard InChI is InChI=1S/C15H18ClN3/c1-3-19(12-7-5-4-6-8-12)15-10-9-13(16)14(18-15)11-17-2/h4-10,17H,3,11H2,1-2H3. The molecule has 0 radical (unpaired) electrons. The molecule has 4 heteroatoms. The molecule has 2 rings (SSSR count). The molecule has 3 nitrogen and oxygen atoms in total. The van der Waals surface area contributed by atoms with Crippen LogP contribution in [-0.2, 0) is 6.54 Å². The van der Waals surface area contributed by atoms with Gasteiger partial charge in [0.1, 0.15) is 5.82 Å². The summed E-state index contributed by atoms with van der Waals surface area (Å²) >= 11 is 6.15. The number of benzene rings is 1. The monoisotopic (exact) mass is 275 g/mol. The predicted molar refractivity (Wildman–Crippen MR) is 81.1 cm³/mol. The van der Waals surface area contributed by atoms with Crippen molar-refractivity contribution >= 4 is 23.1 Å². The van der Waals surface area contributed by atoms with Gasteiger partial charge in [0, 0.05) is 18.8 Å². The number of aromatic nitrogens is 1. The van der Waals surface area contributed by atoms with E-state index in [0.717, 1.165) is 23.7 Å². The summed E-state index contributed by atoms with van der Waals surface area (Å²) in [5.74, 6) is 0.920. The number of halogens is 1. The van der Waals surface area contributed by atoms with Crippen LogP contribution in [0.2, 0.25) is 5.02 Å². The van der Waals surface area contributed by atoms with Crippen molar-refractivity contribution in [2.45, 2.75) is 13.5 Å². The van der Waals surface area contributed by atoms with Gasteiger partial charge < -0.3 is 10.2 Å². The number of rotatable bonds is 5. The summed E-state index contributed by atoms with van der Waals surface area (Å²) in [5, 5.41) is 3.78. The molecule has 0 spiro atoms. The molecule has 1 aromatic carbocycles. The summed E-state index contributed by atoms with van der Waals surface area (Å²) < 4.78 is 0. The normalized spacial score (nSPS) is 10.5. The van der Waals surface area contributed by atoms with E-state index in [2.05, 4.69) is 34.3 Å². The van der Waals surface area contributed by atoms with Gasteiger partial charge in [0.15, 0.2) is 0 Å². The lowest BCUT2D eigenvalue weighted by atomic mass is 10.2.